The van der Waals surface area contributed by atoms with E-state index in [4.69, 9.17) is 0 Å². The predicted molar refractivity (Wildman–Crippen MR) is 25.8 cm³/mol. The molecule has 0 aromatic carbocycles. The summed E-state index contributed by atoms with van der Waals surface area (Å²) in [6, 6.07) is 0. The van der Waals surface area contributed by atoms with Gasteiger partial charge in [0.2, 0.25) is 0 Å². The van der Waals surface area contributed by atoms with Crippen molar-refractivity contribution in [2.75, 3.05) is 0 Å². The van der Waals surface area contributed by atoms with Crippen LogP contribution in [0.25, 0.3) is 0 Å². The molecule has 1 aliphatic rings. The average molecular weight is 79.1 g/mol. The van der Waals surface area contributed by atoms with Crippen LogP contribution in [-0.4, -0.2) is 5.87 Å². The van der Waals surface area contributed by atoms with Crippen molar-refractivity contribution >= 4 is 5.87 Å². The van der Waals surface area contributed by atoms with Gasteiger partial charge in [0, 0.05) is 6.20 Å². The number of aliphatic imine (C=N–C) groups is 1. The van der Waals surface area contributed by atoms with Gasteiger partial charge < -0.3 is 0 Å². The fourth-order valence-electron chi connectivity index (χ4n) is 0.330. The average Bonchev–Trinajstić information content (AvgIpc) is 1.72. The standard InChI is InChI=1S/C5H5N/c1-2-4-6-5-3-1/h2-4H,1H2. The fraction of sp³-hybridized carbons (Fsp3) is 0.200. The summed E-state index contributed by atoms with van der Waals surface area (Å²) in [6.45, 7) is 0. The van der Waals surface area contributed by atoms with Gasteiger partial charge in [-0.25, -0.2) is 4.99 Å². The highest BCUT2D eigenvalue weighted by Crippen LogP contribution is 1.85. The van der Waals surface area contributed by atoms with E-state index >= 15 is 0 Å². The predicted octanol–water partition coefficient (Wildman–Crippen LogP) is 1.13. The number of hydrogen-bond donors (Lipinski definition) is 0. The molecule has 1 rings (SSSR count). The van der Waals surface area contributed by atoms with E-state index in [9.17, 15) is 0 Å². The molecule has 0 fully saturated rings. The molecule has 0 saturated carbocycles. The van der Waals surface area contributed by atoms with Gasteiger partial charge in [-0.2, -0.15) is 0 Å². The minimum Gasteiger partial charge on any atom is -0.215 e. The van der Waals surface area contributed by atoms with E-state index in [0.29, 0.717) is 0 Å². The Morgan fingerprint density at radius 3 is 2.83 bits per heavy atom. The Kier molecular flexibility index (Phi) is 0.892. The summed E-state index contributed by atoms with van der Waals surface area (Å²) in [6.07, 6.45) is 6.61. The second kappa shape index (κ2) is 1.58. The maximum absolute atomic E-state index is 3.69. The van der Waals surface area contributed by atoms with E-state index in [1.165, 1.54) is 0 Å². The van der Waals surface area contributed by atoms with E-state index in [2.05, 4.69) is 10.9 Å². The summed E-state index contributed by atoms with van der Waals surface area (Å²) < 4.78 is 0. The van der Waals surface area contributed by atoms with Gasteiger partial charge in [-0.05, 0) is 18.4 Å². The van der Waals surface area contributed by atoms with E-state index in [0.717, 1.165) is 6.42 Å². The molecule has 30 valence electrons. The zero-order valence-electron chi connectivity index (χ0n) is 3.39. The fourth-order valence-corrected chi connectivity index (χ4v) is 0.330. The lowest BCUT2D eigenvalue weighted by atomic mass is 10.4. The van der Waals surface area contributed by atoms with Crippen LogP contribution in [0.15, 0.2) is 23.3 Å². The number of hydrogen-bond acceptors (Lipinski definition) is 1. The highest BCUT2D eigenvalue weighted by atomic mass is 14.6. The summed E-state index contributed by atoms with van der Waals surface area (Å²) in [7, 11) is 0. The summed E-state index contributed by atoms with van der Waals surface area (Å²) in [4.78, 5) is 3.69. The van der Waals surface area contributed by atoms with Crippen LogP contribution in [0.3, 0.4) is 0 Å². The molecular weight excluding hydrogens is 74.1 g/mol. The Labute approximate surface area is 36.7 Å². The zero-order chi connectivity index (χ0) is 4.24. The Bertz CT molecular complexity index is 116. The smallest absolute Gasteiger partial charge is 0.0331 e. The summed E-state index contributed by atoms with van der Waals surface area (Å²) >= 11 is 0. The molecule has 0 atom stereocenters. The van der Waals surface area contributed by atoms with Crippen LogP contribution in [-0.2, 0) is 0 Å². The molecule has 0 spiro atoms. The zero-order valence-corrected chi connectivity index (χ0v) is 3.39. The van der Waals surface area contributed by atoms with Gasteiger partial charge >= 0.3 is 0 Å². The lowest BCUT2D eigenvalue weighted by molar-refractivity contribution is 1.35. The van der Waals surface area contributed by atoms with E-state index in [-0.39, 0.29) is 0 Å². The minimum absolute atomic E-state index is 0.990. The lowest BCUT2D eigenvalue weighted by Gasteiger charge is -1.77. The first-order chi connectivity index (χ1) is 3.00. The molecule has 0 unspecified atom stereocenters. The molecule has 0 N–H and O–H groups in total. The van der Waals surface area contributed by atoms with Crippen molar-refractivity contribution in [2.24, 2.45) is 4.99 Å². The number of rotatable bonds is 0. The molecule has 1 nitrogen and oxygen atoms in total. The van der Waals surface area contributed by atoms with Crippen molar-refractivity contribution in [1.82, 2.24) is 0 Å². The van der Waals surface area contributed by atoms with Crippen LogP contribution >= 0.6 is 0 Å². The van der Waals surface area contributed by atoms with Gasteiger partial charge in [-0.15, -0.1) is 0 Å². The van der Waals surface area contributed by atoms with Crippen LogP contribution in [0, 0.1) is 0 Å². The van der Waals surface area contributed by atoms with Gasteiger partial charge in [-0.1, -0.05) is 6.08 Å². The maximum Gasteiger partial charge on any atom is 0.0331 e. The molecule has 0 amide bonds. The highest BCUT2D eigenvalue weighted by Gasteiger charge is 1.69. The topological polar surface area (TPSA) is 12.4 Å². The first-order valence-electron chi connectivity index (χ1n) is 1.92. The van der Waals surface area contributed by atoms with Gasteiger partial charge in [0.25, 0.3) is 0 Å². The van der Waals surface area contributed by atoms with Gasteiger partial charge in [0.05, 0.1) is 0 Å². The molecule has 1 heteroatoms. The van der Waals surface area contributed by atoms with Crippen molar-refractivity contribution < 1.29 is 0 Å². The van der Waals surface area contributed by atoms with Crippen molar-refractivity contribution in [3.8, 4) is 0 Å². The van der Waals surface area contributed by atoms with Crippen LogP contribution < -0.4 is 0 Å². The third-order valence-corrected chi connectivity index (χ3v) is 0.600. The second-order valence-electron chi connectivity index (χ2n) is 1.08. The normalized spacial score (nSPS) is 16.0. The number of nitrogens with zero attached hydrogens (tertiary/aromatic N) is 1. The van der Waals surface area contributed by atoms with Gasteiger partial charge in [0.15, 0.2) is 0 Å². The molecule has 0 aromatic rings. The molecular formula is C5H5N. The van der Waals surface area contributed by atoms with Gasteiger partial charge in [0.1, 0.15) is 0 Å². The van der Waals surface area contributed by atoms with Crippen LogP contribution in [0.1, 0.15) is 6.42 Å². The monoisotopic (exact) mass is 79.0 g/mol. The maximum atomic E-state index is 3.69. The Morgan fingerprint density at radius 1 is 1.67 bits per heavy atom. The van der Waals surface area contributed by atoms with E-state index < -0.39 is 0 Å². The molecule has 0 saturated heterocycles. The largest absolute Gasteiger partial charge is 0.215 e. The van der Waals surface area contributed by atoms with Gasteiger partial charge in [-0.3, -0.25) is 0 Å². The minimum atomic E-state index is 0.990. The molecule has 1 heterocycles. The van der Waals surface area contributed by atoms with Crippen molar-refractivity contribution in [1.29, 1.82) is 0 Å². The molecule has 6 heavy (non-hydrogen) atoms. The quantitative estimate of drug-likeness (QED) is 0.412. The summed E-state index contributed by atoms with van der Waals surface area (Å²) in [5.74, 6) is 2.70. The van der Waals surface area contributed by atoms with Crippen molar-refractivity contribution in [2.45, 2.75) is 6.42 Å². The highest BCUT2D eigenvalue weighted by molar-refractivity contribution is 5.54. The van der Waals surface area contributed by atoms with Crippen molar-refractivity contribution in [3.63, 3.8) is 0 Å². The second-order valence-corrected chi connectivity index (χ2v) is 1.08. The van der Waals surface area contributed by atoms with Crippen LogP contribution in [0.2, 0.25) is 0 Å². The molecule has 0 aliphatic carbocycles. The van der Waals surface area contributed by atoms with E-state index in [1.807, 2.05) is 12.2 Å². The third kappa shape index (κ3) is 0.568. The Morgan fingerprint density at radius 2 is 2.67 bits per heavy atom. The first kappa shape index (κ1) is 3.38. The van der Waals surface area contributed by atoms with Crippen LogP contribution in [0.4, 0.5) is 0 Å². The van der Waals surface area contributed by atoms with Crippen LogP contribution in [0.5, 0.6) is 0 Å². The number of allylic oxidation sites excluding steroid dienone is 2. The SMILES string of the molecule is C1=CCC=CN=1. The molecule has 0 bridgehead atoms. The first-order valence-corrected chi connectivity index (χ1v) is 1.92. The summed E-state index contributed by atoms with van der Waals surface area (Å²) in [5, 5.41) is 0. The Balaban J connectivity index is 2.78. The summed E-state index contributed by atoms with van der Waals surface area (Å²) in [5.41, 5.74) is 0. The molecule has 0 radical (unpaired) electrons. The lowest BCUT2D eigenvalue weighted by Crippen LogP contribution is -1.63. The van der Waals surface area contributed by atoms with Crippen molar-refractivity contribution in [3.05, 3.63) is 18.4 Å². The molecule has 0 aromatic heterocycles. The third-order valence-electron chi connectivity index (χ3n) is 0.600. The molecule has 1 aliphatic heterocycles. The Hall–Kier alpha value is -0.810. The van der Waals surface area contributed by atoms with E-state index in [1.54, 1.807) is 6.20 Å².